The van der Waals surface area contributed by atoms with E-state index in [2.05, 4.69) is 5.10 Å². The van der Waals surface area contributed by atoms with Crippen LogP contribution in [0.3, 0.4) is 0 Å². The maximum atomic E-state index is 10.4. The molecule has 0 amide bonds. The molecule has 0 aliphatic rings. The van der Waals surface area contributed by atoms with Crippen molar-refractivity contribution in [2.24, 2.45) is 0 Å². The van der Waals surface area contributed by atoms with Crippen molar-refractivity contribution in [1.82, 2.24) is 9.78 Å². The Labute approximate surface area is 71.7 Å². The van der Waals surface area contributed by atoms with Gasteiger partial charge in [0.15, 0.2) is 6.29 Å². The number of rotatable bonds is 3. The SMILES string of the molecule is CC=CCn1cc(C)c(C=O)n1. The molecule has 0 aliphatic carbocycles. The van der Waals surface area contributed by atoms with E-state index < -0.39 is 0 Å². The van der Waals surface area contributed by atoms with Gasteiger partial charge in [-0.2, -0.15) is 5.10 Å². The molecule has 0 unspecified atom stereocenters. The standard InChI is InChI=1S/C9H12N2O/c1-3-4-5-11-6-8(2)9(7-12)10-11/h3-4,6-7H,5H2,1-2H3. The van der Waals surface area contributed by atoms with Crippen LogP contribution in [-0.4, -0.2) is 16.1 Å². The van der Waals surface area contributed by atoms with Crippen LogP contribution in [0.1, 0.15) is 23.0 Å². The molecule has 0 bridgehead atoms. The van der Waals surface area contributed by atoms with Gasteiger partial charge in [0.2, 0.25) is 0 Å². The van der Waals surface area contributed by atoms with E-state index in [-0.39, 0.29) is 0 Å². The Hall–Kier alpha value is -1.38. The van der Waals surface area contributed by atoms with Crippen LogP contribution in [0.4, 0.5) is 0 Å². The average Bonchev–Trinajstić information content (AvgIpc) is 2.43. The van der Waals surface area contributed by atoms with E-state index in [0.717, 1.165) is 18.4 Å². The lowest BCUT2D eigenvalue weighted by molar-refractivity contribution is 0.111. The Balaban J connectivity index is 2.81. The van der Waals surface area contributed by atoms with Crippen molar-refractivity contribution in [3.63, 3.8) is 0 Å². The zero-order valence-corrected chi connectivity index (χ0v) is 7.32. The first-order chi connectivity index (χ1) is 5.77. The largest absolute Gasteiger partial charge is 0.296 e. The first-order valence-corrected chi connectivity index (χ1v) is 3.88. The van der Waals surface area contributed by atoms with Crippen LogP contribution in [0, 0.1) is 6.92 Å². The van der Waals surface area contributed by atoms with Gasteiger partial charge in [-0.25, -0.2) is 0 Å². The number of carbonyl (C=O) groups is 1. The predicted molar refractivity (Wildman–Crippen MR) is 47.2 cm³/mol. The predicted octanol–water partition coefficient (Wildman–Crippen LogP) is 1.58. The van der Waals surface area contributed by atoms with Crippen LogP contribution < -0.4 is 0 Å². The summed E-state index contributed by atoms with van der Waals surface area (Å²) in [7, 11) is 0. The van der Waals surface area contributed by atoms with E-state index >= 15 is 0 Å². The van der Waals surface area contributed by atoms with E-state index in [0.29, 0.717) is 5.69 Å². The molecule has 0 aromatic carbocycles. The summed E-state index contributed by atoms with van der Waals surface area (Å²) in [6.45, 7) is 4.56. The number of hydrogen-bond donors (Lipinski definition) is 0. The number of nitrogens with zero attached hydrogens (tertiary/aromatic N) is 2. The van der Waals surface area contributed by atoms with Crippen molar-refractivity contribution < 1.29 is 4.79 Å². The summed E-state index contributed by atoms with van der Waals surface area (Å²) in [4.78, 5) is 10.4. The highest BCUT2D eigenvalue weighted by atomic mass is 16.1. The molecule has 0 N–H and O–H groups in total. The van der Waals surface area contributed by atoms with E-state index in [9.17, 15) is 4.79 Å². The lowest BCUT2D eigenvalue weighted by Crippen LogP contribution is -1.96. The lowest BCUT2D eigenvalue weighted by atomic mass is 10.3. The molecular formula is C9H12N2O. The van der Waals surface area contributed by atoms with Crippen LogP contribution in [-0.2, 0) is 6.54 Å². The molecule has 0 fully saturated rings. The highest BCUT2D eigenvalue weighted by Crippen LogP contribution is 2.01. The maximum absolute atomic E-state index is 10.4. The second-order valence-electron chi connectivity index (χ2n) is 2.61. The molecule has 12 heavy (non-hydrogen) atoms. The molecule has 0 atom stereocenters. The molecule has 64 valence electrons. The first-order valence-electron chi connectivity index (χ1n) is 3.88. The second kappa shape index (κ2) is 3.85. The summed E-state index contributed by atoms with van der Waals surface area (Å²) in [6.07, 6.45) is 6.59. The molecule has 3 nitrogen and oxygen atoms in total. The first kappa shape index (κ1) is 8.71. The Bertz CT molecular complexity index is 299. The maximum Gasteiger partial charge on any atom is 0.170 e. The summed E-state index contributed by atoms with van der Waals surface area (Å²) in [5, 5.41) is 4.06. The van der Waals surface area contributed by atoms with E-state index in [1.165, 1.54) is 0 Å². The van der Waals surface area contributed by atoms with Crippen molar-refractivity contribution in [3.05, 3.63) is 29.6 Å². The normalized spacial score (nSPS) is 10.8. The molecule has 1 rings (SSSR count). The molecule has 1 aromatic rings. The monoisotopic (exact) mass is 164 g/mol. The smallest absolute Gasteiger partial charge is 0.170 e. The molecule has 0 aliphatic heterocycles. The van der Waals surface area contributed by atoms with Crippen molar-refractivity contribution >= 4 is 6.29 Å². The van der Waals surface area contributed by atoms with Gasteiger partial charge in [-0.3, -0.25) is 9.48 Å². The van der Waals surface area contributed by atoms with E-state index in [1.807, 2.05) is 32.2 Å². The Morgan fingerprint density at radius 1 is 1.67 bits per heavy atom. The Morgan fingerprint density at radius 2 is 2.42 bits per heavy atom. The minimum atomic E-state index is 0.527. The molecule has 0 saturated carbocycles. The summed E-state index contributed by atoms with van der Waals surface area (Å²) in [5.41, 5.74) is 1.45. The molecule has 0 saturated heterocycles. The van der Waals surface area contributed by atoms with Gasteiger partial charge in [-0.15, -0.1) is 0 Å². The van der Waals surface area contributed by atoms with Gasteiger partial charge < -0.3 is 0 Å². The summed E-state index contributed by atoms with van der Waals surface area (Å²) >= 11 is 0. The van der Waals surface area contributed by atoms with Gasteiger partial charge >= 0.3 is 0 Å². The number of allylic oxidation sites excluding steroid dienone is 2. The number of aldehydes is 1. The van der Waals surface area contributed by atoms with Gasteiger partial charge in [-0.1, -0.05) is 12.2 Å². The molecular weight excluding hydrogens is 152 g/mol. The fourth-order valence-corrected chi connectivity index (χ4v) is 0.959. The number of carbonyl (C=O) groups excluding carboxylic acids is 1. The number of hydrogen-bond acceptors (Lipinski definition) is 2. The zero-order chi connectivity index (χ0) is 8.97. The van der Waals surface area contributed by atoms with Crippen molar-refractivity contribution in [2.75, 3.05) is 0 Å². The highest BCUT2D eigenvalue weighted by molar-refractivity contribution is 5.73. The Morgan fingerprint density at radius 3 is 2.92 bits per heavy atom. The van der Waals surface area contributed by atoms with Crippen LogP contribution in [0.15, 0.2) is 18.3 Å². The topological polar surface area (TPSA) is 34.9 Å². The summed E-state index contributed by atoms with van der Waals surface area (Å²) in [6, 6.07) is 0. The van der Waals surface area contributed by atoms with Crippen LogP contribution >= 0.6 is 0 Å². The summed E-state index contributed by atoms with van der Waals surface area (Å²) < 4.78 is 1.75. The zero-order valence-electron chi connectivity index (χ0n) is 7.32. The van der Waals surface area contributed by atoms with Crippen molar-refractivity contribution in [1.29, 1.82) is 0 Å². The Kier molecular flexibility index (Phi) is 2.80. The molecule has 1 heterocycles. The average molecular weight is 164 g/mol. The van der Waals surface area contributed by atoms with Gasteiger partial charge in [-0.05, 0) is 19.4 Å². The quantitative estimate of drug-likeness (QED) is 0.502. The molecule has 0 spiro atoms. The van der Waals surface area contributed by atoms with Crippen LogP contribution in [0.2, 0.25) is 0 Å². The van der Waals surface area contributed by atoms with Crippen LogP contribution in [0.5, 0.6) is 0 Å². The van der Waals surface area contributed by atoms with E-state index in [1.54, 1.807) is 4.68 Å². The fourth-order valence-electron chi connectivity index (χ4n) is 0.959. The number of aryl methyl sites for hydroxylation is 1. The third-order valence-electron chi connectivity index (χ3n) is 1.62. The number of aromatic nitrogens is 2. The van der Waals surface area contributed by atoms with Gasteiger partial charge in [0.25, 0.3) is 0 Å². The fraction of sp³-hybridized carbons (Fsp3) is 0.333. The lowest BCUT2D eigenvalue weighted by Gasteiger charge is -1.91. The summed E-state index contributed by atoms with van der Waals surface area (Å²) in [5.74, 6) is 0. The molecule has 3 heteroatoms. The highest BCUT2D eigenvalue weighted by Gasteiger charge is 2.00. The molecule has 1 aromatic heterocycles. The van der Waals surface area contributed by atoms with Gasteiger partial charge in [0.05, 0.1) is 6.54 Å². The van der Waals surface area contributed by atoms with E-state index in [4.69, 9.17) is 0 Å². The van der Waals surface area contributed by atoms with Crippen LogP contribution in [0.25, 0.3) is 0 Å². The minimum Gasteiger partial charge on any atom is -0.296 e. The van der Waals surface area contributed by atoms with Crippen molar-refractivity contribution in [3.8, 4) is 0 Å². The second-order valence-corrected chi connectivity index (χ2v) is 2.61. The molecule has 0 radical (unpaired) electrons. The third-order valence-corrected chi connectivity index (χ3v) is 1.62. The minimum absolute atomic E-state index is 0.527. The van der Waals surface area contributed by atoms with Gasteiger partial charge in [0.1, 0.15) is 5.69 Å². The van der Waals surface area contributed by atoms with Gasteiger partial charge in [0, 0.05) is 6.20 Å². The third kappa shape index (κ3) is 1.81. The van der Waals surface area contributed by atoms with Crippen molar-refractivity contribution in [2.45, 2.75) is 20.4 Å².